The van der Waals surface area contributed by atoms with E-state index >= 15 is 0 Å². The van der Waals surface area contributed by atoms with Gasteiger partial charge in [-0.25, -0.2) is 0 Å². The SMILES string of the molecule is O=C(O)CC[C@@H]1NC(C(F)(F)F)(C(F)(F)F)OC1=O. The summed E-state index contributed by atoms with van der Waals surface area (Å²) in [7, 11) is 0. The predicted octanol–water partition coefficient (Wildman–Crippen LogP) is 1.19. The van der Waals surface area contributed by atoms with Crippen LogP contribution in [0.3, 0.4) is 0 Å². The van der Waals surface area contributed by atoms with Crippen molar-refractivity contribution in [2.75, 3.05) is 0 Å². The normalized spacial score (nSPS) is 23.3. The van der Waals surface area contributed by atoms with Gasteiger partial charge in [0, 0.05) is 6.42 Å². The third kappa shape index (κ3) is 2.74. The summed E-state index contributed by atoms with van der Waals surface area (Å²) >= 11 is 0. The minimum absolute atomic E-state index is 0.748. The van der Waals surface area contributed by atoms with Crippen molar-refractivity contribution in [3.05, 3.63) is 0 Å². The fraction of sp³-hybridized carbons (Fsp3) is 0.750. The number of rotatable bonds is 3. The maximum absolute atomic E-state index is 12.5. The van der Waals surface area contributed by atoms with Gasteiger partial charge in [0.1, 0.15) is 6.04 Å². The van der Waals surface area contributed by atoms with E-state index in [0.29, 0.717) is 0 Å². The highest BCUT2D eigenvalue weighted by atomic mass is 19.4. The molecule has 0 saturated carbocycles. The summed E-state index contributed by atoms with van der Waals surface area (Å²) in [6.07, 6.45) is -13.4. The highest BCUT2D eigenvalue weighted by Gasteiger charge is 2.78. The van der Waals surface area contributed by atoms with Gasteiger partial charge in [-0.05, 0) is 6.42 Å². The van der Waals surface area contributed by atoms with E-state index in [2.05, 4.69) is 4.74 Å². The number of esters is 1. The van der Waals surface area contributed by atoms with E-state index in [4.69, 9.17) is 5.11 Å². The van der Waals surface area contributed by atoms with Gasteiger partial charge in [-0.2, -0.15) is 26.3 Å². The van der Waals surface area contributed by atoms with Crippen LogP contribution in [0, 0.1) is 0 Å². The molecular formula is C8H7F6NO4. The predicted molar refractivity (Wildman–Crippen MR) is 44.7 cm³/mol. The van der Waals surface area contributed by atoms with Crippen LogP contribution in [0.5, 0.6) is 0 Å². The first-order chi connectivity index (χ1) is 8.41. The van der Waals surface area contributed by atoms with Gasteiger partial charge in [-0.1, -0.05) is 0 Å². The van der Waals surface area contributed by atoms with Gasteiger partial charge in [-0.3, -0.25) is 14.9 Å². The molecule has 0 bridgehead atoms. The lowest BCUT2D eigenvalue weighted by atomic mass is 10.1. The van der Waals surface area contributed by atoms with Crippen LogP contribution in [-0.2, 0) is 14.3 Å². The number of carboxylic acid groups (broad SMARTS) is 1. The summed E-state index contributed by atoms with van der Waals surface area (Å²) in [5.41, 5.74) is -4.79. The molecule has 0 spiro atoms. The number of alkyl halides is 6. The molecule has 0 amide bonds. The number of carbonyl (C=O) groups excluding carboxylic acids is 1. The highest BCUT2D eigenvalue weighted by molar-refractivity contribution is 5.79. The summed E-state index contributed by atoms with van der Waals surface area (Å²) in [5.74, 6) is -3.26. The van der Waals surface area contributed by atoms with E-state index in [1.54, 1.807) is 0 Å². The molecule has 1 heterocycles. The Morgan fingerprint density at radius 2 is 1.74 bits per heavy atom. The summed E-state index contributed by atoms with van der Waals surface area (Å²) < 4.78 is 78.3. The molecule has 2 N–H and O–H groups in total. The van der Waals surface area contributed by atoms with Crippen molar-refractivity contribution in [3.8, 4) is 0 Å². The number of hydrogen-bond acceptors (Lipinski definition) is 4. The van der Waals surface area contributed by atoms with Crippen molar-refractivity contribution in [2.45, 2.75) is 37.0 Å². The van der Waals surface area contributed by atoms with Crippen molar-refractivity contribution in [3.63, 3.8) is 0 Å². The molecule has 110 valence electrons. The first-order valence-corrected chi connectivity index (χ1v) is 4.76. The number of nitrogens with one attached hydrogen (secondary N) is 1. The molecular weight excluding hydrogens is 288 g/mol. The Balaban J connectivity index is 3.00. The summed E-state index contributed by atoms with van der Waals surface area (Å²) in [5, 5.41) is 9.29. The molecule has 0 aliphatic carbocycles. The van der Waals surface area contributed by atoms with Crippen molar-refractivity contribution in [1.29, 1.82) is 0 Å². The molecule has 1 rings (SSSR count). The lowest BCUT2D eigenvalue weighted by molar-refractivity contribution is -0.369. The van der Waals surface area contributed by atoms with Gasteiger partial charge in [0.25, 0.3) is 0 Å². The number of aliphatic carboxylic acids is 1. The van der Waals surface area contributed by atoms with E-state index in [9.17, 15) is 35.9 Å². The second-order valence-corrected chi connectivity index (χ2v) is 3.73. The number of carbonyl (C=O) groups is 2. The monoisotopic (exact) mass is 295 g/mol. The quantitative estimate of drug-likeness (QED) is 0.604. The summed E-state index contributed by atoms with van der Waals surface area (Å²) in [4.78, 5) is 21.2. The fourth-order valence-corrected chi connectivity index (χ4v) is 1.45. The van der Waals surface area contributed by atoms with Crippen LogP contribution < -0.4 is 5.32 Å². The maximum atomic E-state index is 12.5. The molecule has 1 aliphatic rings. The second kappa shape index (κ2) is 4.54. The Hall–Kier alpha value is -1.52. The van der Waals surface area contributed by atoms with Gasteiger partial charge in [0.05, 0.1) is 0 Å². The van der Waals surface area contributed by atoms with Crippen molar-refractivity contribution < 1.29 is 45.8 Å². The lowest BCUT2D eigenvalue weighted by Gasteiger charge is -2.31. The first-order valence-electron chi connectivity index (χ1n) is 4.76. The summed E-state index contributed by atoms with van der Waals surface area (Å²) in [6.45, 7) is 0. The Labute approximate surface area is 101 Å². The average molecular weight is 295 g/mol. The number of cyclic esters (lactones) is 1. The van der Waals surface area contributed by atoms with Crippen LogP contribution >= 0.6 is 0 Å². The van der Waals surface area contributed by atoms with E-state index in [0.717, 1.165) is 5.32 Å². The van der Waals surface area contributed by atoms with Gasteiger partial charge >= 0.3 is 30.0 Å². The van der Waals surface area contributed by atoms with Gasteiger partial charge < -0.3 is 9.84 Å². The number of carboxylic acids is 1. The molecule has 0 aromatic carbocycles. The fourth-order valence-electron chi connectivity index (χ4n) is 1.45. The second-order valence-electron chi connectivity index (χ2n) is 3.73. The standard InChI is InChI=1S/C8H7F6NO4/c9-7(10,11)6(8(12,13)14)15-3(5(18)19-6)1-2-4(16)17/h3,15H,1-2H2,(H,16,17)/t3-/m0/s1. The van der Waals surface area contributed by atoms with Gasteiger partial charge in [0.2, 0.25) is 0 Å². The van der Waals surface area contributed by atoms with E-state index in [1.165, 1.54) is 0 Å². The molecule has 19 heavy (non-hydrogen) atoms. The van der Waals surface area contributed by atoms with Crippen LogP contribution in [0.4, 0.5) is 26.3 Å². The largest absolute Gasteiger partial charge is 0.481 e. The zero-order chi connectivity index (χ0) is 15.1. The summed E-state index contributed by atoms with van der Waals surface area (Å²) in [6, 6.07) is -1.99. The number of ether oxygens (including phenoxy) is 1. The number of hydrogen-bond donors (Lipinski definition) is 2. The zero-order valence-electron chi connectivity index (χ0n) is 8.93. The van der Waals surface area contributed by atoms with Crippen molar-refractivity contribution >= 4 is 11.9 Å². The number of halogens is 6. The van der Waals surface area contributed by atoms with E-state index in [1.807, 2.05) is 0 Å². The van der Waals surface area contributed by atoms with Crippen LogP contribution in [0.2, 0.25) is 0 Å². The van der Waals surface area contributed by atoms with Crippen LogP contribution in [0.15, 0.2) is 0 Å². The van der Waals surface area contributed by atoms with Gasteiger partial charge in [0.15, 0.2) is 0 Å². The zero-order valence-corrected chi connectivity index (χ0v) is 8.93. The van der Waals surface area contributed by atoms with Crippen molar-refractivity contribution in [1.82, 2.24) is 5.32 Å². The molecule has 1 aliphatic heterocycles. The Morgan fingerprint density at radius 3 is 2.05 bits per heavy atom. The molecule has 1 saturated heterocycles. The molecule has 11 heteroatoms. The minimum Gasteiger partial charge on any atom is -0.481 e. The van der Waals surface area contributed by atoms with Crippen LogP contribution in [-0.4, -0.2) is 41.2 Å². The molecule has 1 fully saturated rings. The Morgan fingerprint density at radius 1 is 1.26 bits per heavy atom. The average Bonchev–Trinajstić information content (AvgIpc) is 2.52. The van der Waals surface area contributed by atoms with Crippen LogP contribution in [0.1, 0.15) is 12.8 Å². The van der Waals surface area contributed by atoms with Crippen molar-refractivity contribution in [2.24, 2.45) is 0 Å². The van der Waals surface area contributed by atoms with E-state index < -0.39 is 48.9 Å². The molecule has 0 aromatic heterocycles. The smallest absolute Gasteiger partial charge is 0.452 e. The Kier molecular flexibility index (Phi) is 3.72. The molecule has 1 atom stereocenters. The molecule has 0 unspecified atom stereocenters. The lowest BCUT2D eigenvalue weighted by Crippen LogP contribution is -2.65. The first kappa shape index (κ1) is 15.5. The maximum Gasteiger partial charge on any atom is 0.452 e. The third-order valence-electron chi connectivity index (χ3n) is 2.36. The molecule has 5 nitrogen and oxygen atoms in total. The van der Waals surface area contributed by atoms with E-state index in [-0.39, 0.29) is 0 Å². The van der Waals surface area contributed by atoms with Gasteiger partial charge in [-0.15, -0.1) is 0 Å². The Bertz CT molecular complexity index is 376. The topological polar surface area (TPSA) is 75.6 Å². The molecule has 0 aromatic rings. The highest BCUT2D eigenvalue weighted by Crippen LogP contribution is 2.47. The molecule has 0 radical (unpaired) electrons. The minimum atomic E-state index is -5.92. The van der Waals surface area contributed by atoms with Crippen LogP contribution in [0.25, 0.3) is 0 Å². The third-order valence-corrected chi connectivity index (χ3v) is 2.36.